The van der Waals surface area contributed by atoms with E-state index < -0.39 is 26.5 Å². The molecule has 0 bridgehead atoms. The van der Waals surface area contributed by atoms with Crippen molar-refractivity contribution in [1.29, 1.82) is 0 Å². The SMILES string of the molecule is CCCCCCCC/C=C\CCCCCCCC(=O)OC(COC(=O)CCCCCCCCCCCCCCCCCCCCCCCCCCCCCCCCCCCCCC)COP(=O)([O-])OCC[N+](C)(C)C. The van der Waals surface area contributed by atoms with Gasteiger partial charge in [-0.3, -0.25) is 14.2 Å². The minimum absolute atomic E-state index is 0.0288. The van der Waals surface area contributed by atoms with Crippen LogP contribution in [0.1, 0.15) is 341 Å². The molecule has 446 valence electrons. The summed E-state index contributed by atoms with van der Waals surface area (Å²) >= 11 is 0. The Morgan fingerprint density at radius 1 is 0.400 bits per heavy atom. The summed E-state index contributed by atoms with van der Waals surface area (Å²) in [5.41, 5.74) is 0. The first-order valence-corrected chi connectivity index (χ1v) is 34.4. The van der Waals surface area contributed by atoms with Gasteiger partial charge in [0, 0.05) is 12.8 Å². The zero-order valence-corrected chi connectivity index (χ0v) is 51.7. The number of nitrogens with zero attached hydrogens (tertiary/aromatic N) is 1. The molecule has 0 saturated heterocycles. The van der Waals surface area contributed by atoms with Crippen molar-refractivity contribution >= 4 is 19.8 Å². The summed E-state index contributed by atoms with van der Waals surface area (Å²) in [4.78, 5) is 37.9. The summed E-state index contributed by atoms with van der Waals surface area (Å²) in [6.07, 6.45) is 68.8. The first kappa shape index (κ1) is 73.8. The molecule has 0 spiro atoms. The number of phosphoric acid groups is 1. The zero-order valence-electron chi connectivity index (χ0n) is 50.8. The van der Waals surface area contributed by atoms with Crippen molar-refractivity contribution in [2.24, 2.45) is 0 Å². The van der Waals surface area contributed by atoms with Crippen LogP contribution in [0.5, 0.6) is 0 Å². The number of hydrogen-bond donors (Lipinski definition) is 0. The first-order valence-electron chi connectivity index (χ1n) is 32.9. The first-order chi connectivity index (χ1) is 36.5. The van der Waals surface area contributed by atoms with Crippen LogP contribution in [0.4, 0.5) is 0 Å². The number of phosphoric ester groups is 1. The fraction of sp³-hybridized carbons (Fsp3) is 0.938. The Morgan fingerprint density at radius 3 is 0.987 bits per heavy atom. The fourth-order valence-corrected chi connectivity index (χ4v) is 10.7. The summed E-state index contributed by atoms with van der Waals surface area (Å²) in [5, 5.41) is 0. The highest BCUT2D eigenvalue weighted by Gasteiger charge is 2.22. The molecule has 0 aliphatic heterocycles. The lowest BCUT2D eigenvalue weighted by Crippen LogP contribution is -2.37. The van der Waals surface area contributed by atoms with Crippen LogP contribution in [-0.2, 0) is 32.7 Å². The Kier molecular flexibility index (Phi) is 56.5. The molecule has 0 N–H and O–H groups in total. The Labute approximate surface area is 466 Å². The molecule has 0 amide bonds. The number of unbranched alkanes of at least 4 members (excludes halogenated alkanes) is 46. The molecule has 0 aromatic rings. The van der Waals surface area contributed by atoms with Crippen molar-refractivity contribution in [3.8, 4) is 0 Å². The van der Waals surface area contributed by atoms with Crippen LogP contribution in [0.25, 0.3) is 0 Å². The topological polar surface area (TPSA) is 111 Å². The highest BCUT2D eigenvalue weighted by atomic mass is 31.2. The number of esters is 2. The van der Waals surface area contributed by atoms with E-state index >= 15 is 0 Å². The highest BCUT2D eigenvalue weighted by molar-refractivity contribution is 7.45. The lowest BCUT2D eigenvalue weighted by atomic mass is 10.0. The maximum Gasteiger partial charge on any atom is 0.306 e. The standard InChI is InChI=1S/C65H128NO8P/c1-6-8-10-12-14-16-18-20-22-23-24-25-26-27-28-29-30-31-32-33-34-35-36-37-38-39-40-41-42-44-45-47-49-51-53-55-57-64(67)71-61-63(62-73-75(69,70)72-60-59-66(3,4)5)74-65(68)58-56-54-52-50-48-46-43-21-19-17-15-13-11-9-7-2/h21,43,63H,6-20,22-42,44-62H2,1-5H3/b43-21-. The van der Waals surface area contributed by atoms with Crippen molar-refractivity contribution in [3.63, 3.8) is 0 Å². The van der Waals surface area contributed by atoms with Gasteiger partial charge >= 0.3 is 11.9 Å². The number of carbonyl (C=O) groups is 2. The summed E-state index contributed by atoms with van der Waals surface area (Å²) in [7, 11) is 1.18. The van der Waals surface area contributed by atoms with Crippen LogP contribution in [-0.4, -0.2) is 70.0 Å². The van der Waals surface area contributed by atoms with Gasteiger partial charge in [-0.15, -0.1) is 0 Å². The third kappa shape index (κ3) is 61.8. The number of rotatable bonds is 62. The minimum atomic E-state index is -4.63. The molecule has 0 saturated carbocycles. The Balaban J connectivity index is 3.88. The molecular weight excluding hydrogens is 954 g/mol. The Bertz CT molecular complexity index is 1270. The summed E-state index contributed by atoms with van der Waals surface area (Å²) in [5.74, 6) is -0.824. The quantitative estimate of drug-likeness (QED) is 0.0195. The zero-order chi connectivity index (χ0) is 54.9. The molecule has 0 fully saturated rings. The molecule has 0 rings (SSSR count). The van der Waals surface area contributed by atoms with Crippen molar-refractivity contribution in [3.05, 3.63) is 12.2 Å². The van der Waals surface area contributed by atoms with Gasteiger partial charge < -0.3 is 27.9 Å². The van der Waals surface area contributed by atoms with Gasteiger partial charge in [0.1, 0.15) is 19.8 Å². The lowest BCUT2D eigenvalue weighted by molar-refractivity contribution is -0.870. The van der Waals surface area contributed by atoms with Crippen LogP contribution in [0, 0.1) is 0 Å². The normalized spacial score (nSPS) is 13.2. The van der Waals surface area contributed by atoms with Crippen LogP contribution in [0.15, 0.2) is 12.2 Å². The summed E-state index contributed by atoms with van der Waals surface area (Å²) in [6, 6.07) is 0. The molecule has 2 unspecified atom stereocenters. The molecule has 9 nitrogen and oxygen atoms in total. The van der Waals surface area contributed by atoms with Gasteiger partial charge in [0.15, 0.2) is 6.10 Å². The Morgan fingerprint density at radius 2 is 0.680 bits per heavy atom. The Hall–Kier alpha value is -1.25. The molecule has 0 aromatic heterocycles. The minimum Gasteiger partial charge on any atom is -0.756 e. The van der Waals surface area contributed by atoms with Crippen molar-refractivity contribution in [1.82, 2.24) is 0 Å². The molecule has 0 aliphatic carbocycles. The van der Waals surface area contributed by atoms with Crippen molar-refractivity contribution in [2.75, 3.05) is 47.5 Å². The van der Waals surface area contributed by atoms with Crippen LogP contribution >= 0.6 is 7.82 Å². The van der Waals surface area contributed by atoms with Crippen LogP contribution < -0.4 is 4.89 Å². The van der Waals surface area contributed by atoms with Gasteiger partial charge in [0.05, 0.1) is 27.7 Å². The third-order valence-corrected chi connectivity index (χ3v) is 16.0. The molecule has 75 heavy (non-hydrogen) atoms. The van der Waals surface area contributed by atoms with Gasteiger partial charge in [0.2, 0.25) is 0 Å². The van der Waals surface area contributed by atoms with Gasteiger partial charge in [-0.2, -0.15) is 0 Å². The molecule has 0 heterocycles. The van der Waals surface area contributed by atoms with E-state index in [9.17, 15) is 19.0 Å². The summed E-state index contributed by atoms with van der Waals surface area (Å²) in [6.45, 7) is 4.28. The molecule has 2 atom stereocenters. The third-order valence-electron chi connectivity index (χ3n) is 15.0. The largest absolute Gasteiger partial charge is 0.756 e. The predicted molar refractivity (Wildman–Crippen MR) is 319 cm³/mol. The van der Waals surface area contributed by atoms with E-state index in [0.717, 1.165) is 51.4 Å². The second-order valence-corrected chi connectivity index (χ2v) is 25.3. The predicted octanol–water partition coefficient (Wildman–Crippen LogP) is 20.1. The average Bonchev–Trinajstić information content (AvgIpc) is 3.37. The second-order valence-electron chi connectivity index (χ2n) is 23.8. The molecular formula is C65H128NO8P. The van der Waals surface area contributed by atoms with Crippen LogP contribution in [0.3, 0.4) is 0 Å². The number of likely N-dealkylation sites (N-methyl/N-ethyl adjacent to an activating group) is 1. The van der Waals surface area contributed by atoms with E-state index in [1.165, 1.54) is 257 Å². The van der Waals surface area contributed by atoms with E-state index in [2.05, 4.69) is 26.0 Å². The molecule has 0 aliphatic rings. The smallest absolute Gasteiger partial charge is 0.306 e. The maximum absolute atomic E-state index is 12.8. The highest BCUT2D eigenvalue weighted by Crippen LogP contribution is 2.38. The van der Waals surface area contributed by atoms with E-state index in [1.54, 1.807) is 0 Å². The lowest BCUT2D eigenvalue weighted by Gasteiger charge is -2.28. The number of ether oxygens (including phenoxy) is 2. The van der Waals surface area contributed by atoms with Gasteiger partial charge in [-0.1, -0.05) is 302 Å². The van der Waals surface area contributed by atoms with Crippen molar-refractivity contribution < 1.29 is 42.1 Å². The number of carbonyl (C=O) groups excluding carboxylic acids is 2. The van der Waals surface area contributed by atoms with Gasteiger partial charge in [-0.25, -0.2) is 0 Å². The maximum atomic E-state index is 12.8. The number of allylic oxidation sites excluding steroid dienone is 2. The monoisotopic (exact) mass is 1080 g/mol. The van der Waals surface area contributed by atoms with Crippen molar-refractivity contribution in [2.45, 2.75) is 347 Å². The molecule has 10 heteroatoms. The molecule has 0 radical (unpaired) electrons. The molecule has 0 aromatic carbocycles. The number of hydrogen-bond acceptors (Lipinski definition) is 8. The second kappa shape index (κ2) is 57.4. The fourth-order valence-electron chi connectivity index (χ4n) is 9.95. The summed E-state index contributed by atoms with van der Waals surface area (Å²) < 4.78 is 34.2. The van der Waals surface area contributed by atoms with E-state index in [-0.39, 0.29) is 32.0 Å². The number of quaternary nitrogens is 1. The van der Waals surface area contributed by atoms with E-state index in [1.807, 2.05) is 21.1 Å². The average molecular weight is 1080 g/mol. The van der Waals surface area contributed by atoms with Crippen LogP contribution in [0.2, 0.25) is 0 Å². The van der Waals surface area contributed by atoms with Gasteiger partial charge in [0.25, 0.3) is 7.82 Å². The van der Waals surface area contributed by atoms with E-state index in [0.29, 0.717) is 17.4 Å². The van der Waals surface area contributed by atoms with Gasteiger partial charge in [-0.05, 0) is 38.5 Å². The van der Waals surface area contributed by atoms with E-state index in [4.69, 9.17) is 18.5 Å².